The van der Waals surface area contributed by atoms with E-state index in [0.29, 0.717) is 11.3 Å². The van der Waals surface area contributed by atoms with Crippen LogP contribution in [0.15, 0.2) is 42.5 Å². The summed E-state index contributed by atoms with van der Waals surface area (Å²) in [7, 11) is 0. The zero-order chi connectivity index (χ0) is 14.7. The van der Waals surface area contributed by atoms with E-state index in [4.69, 9.17) is 22.1 Å². The molecule has 0 radical (unpaired) electrons. The Morgan fingerprint density at radius 1 is 1.20 bits per heavy atom. The minimum atomic E-state index is -0.616. The van der Waals surface area contributed by atoms with E-state index in [1.54, 1.807) is 6.07 Å². The van der Waals surface area contributed by atoms with E-state index >= 15 is 0 Å². The molecule has 2 rings (SSSR count). The zero-order valence-corrected chi connectivity index (χ0v) is 10.8. The molecule has 0 fully saturated rings. The summed E-state index contributed by atoms with van der Waals surface area (Å²) in [6.45, 7) is 0. The maximum atomic E-state index is 11.0. The summed E-state index contributed by atoms with van der Waals surface area (Å²) >= 11 is 5.77. The number of nitro groups is 1. The lowest BCUT2D eigenvalue weighted by molar-refractivity contribution is -0.385. The van der Waals surface area contributed by atoms with Gasteiger partial charge in [-0.2, -0.15) is 0 Å². The molecule has 0 saturated heterocycles. The van der Waals surface area contributed by atoms with Gasteiger partial charge in [-0.15, -0.1) is 0 Å². The zero-order valence-electron chi connectivity index (χ0n) is 10.1. The number of carbonyl (C=O) groups excluding carboxylic acids is 1. The third-order valence-corrected chi connectivity index (χ3v) is 2.80. The number of benzene rings is 2. The fourth-order valence-corrected chi connectivity index (χ4v) is 1.80. The van der Waals surface area contributed by atoms with Crippen molar-refractivity contribution in [3.63, 3.8) is 0 Å². The van der Waals surface area contributed by atoms with Crippen LogP contribution >= 0.6 is 11.6 Å². The molecule has 2 N–H and O–H groups in total. The van der Waals surface area contributed by atoms with Gasteiger partial charge in [-0.05, 0) is 36.4 Å². The molecule has 2 aromatic rings. The second-order valence-electron chi connectivity index (χ2n) is 3.83. The summed E-state index contributed by atoms with van der Waals surface area (Å²) in [4.78, 5) is 21.3. The van der Waals surface area contributed by atoms with E-state index in [2.05, 4.69) is 0 Å². The normalized spacial score (nSPS) is 10.1. The number of hydrogen-bond acceptors (Lipinski definition) is 4. The van der Waals surface area contributed by atoms with Gasteiger partial charge < -0.3 is 10.5 Å². The molecule has 0 aliphatic rings. The van der Waals surface area contributed by atoms with Crippen molar-refractivity contribution >= 4 is 23.2 Å². The molecular weight excluding hydrogens is 284 g/mol. The Kier molecular flexibility index (Phi) is 3.86. The van der Waals surface area contributed by atoms with Crippen LogP contribution in [0, 0.1) is 10.1 Å². The van der Waals surface area contributed by atoms with E-state index in [0.717, 1.165) is 0 Å². The SMILES string of the molecule is NC(=O)c1ccc(Oc2cccc(Cl)c2[N+](=O)[O-])cc1. The minimum absolute atomic E-state index is 0.0127. The molecule has 0 spiro atoms. The molecule has 6 nitrogen and oxygen atoms in total. The molecular formula is C13H9ClN2O4. The van der Waals surface area contributed by atoms with E-state index in [1.807, 2.05) is 0 Å². The van der Waals surface area contributed by atoms with Crippen molar-refractivity contribution in [2.24, 2.45) is 5.73 Å². The van der Waals surface area contributed by atoms with Crippen molar-refractivity contribution in [2.45, 2.75) is 0 Å². The van der Waals surface area contributed by atoms with Crippen molar-refractivity contribution in [1.29, 1.82) is 0 Å². The van der Waals surface area contributed by atoms with Crippen molar-refractivity contribution in [2.75, 3.05) is 0 Å². The lowest BCUT2D eigenvalue weighted by atomic mass is 10.2. The number of para-hydroxylation sites is 1. The van der Waals surface area contributed by atoms with Gasteiger partial charge >= 0.3 is 5.69 Å². The summed E-state index contributed by atoms with van der Waals surface area (Å²) in [5.74, 6) is -0.208. The standard InChI is InChI=1S/C13H9ClN2O4/c14-10-2-1-3-11(12(10)16(18)19)20-9-6-4-8(5-7-9)13(15)17/h1-7H,(H2,15,17). The Balaban J connectivity index is 2.33. The van der Waals surface area contributed by atoms with E-state index in [9.17, 15) is 14.9 Å². The van der Waals surface area contributed by atoms with E-state index < -0.39 is 10.8 Å². The number of rotatable bonds is 4. The van der Waals surface area contributed by atoms with Crippen LogP contribution in [-0.4, -0.2) is 10.8 Å². The molecule has 102 valence electrons. The molecule has 0 aliphatic carbocycles. The van der Waals surface area contributed by atoms with Gasteiger partial charge in [0.15, 0.2) is 0 Å². The summed E-state index contributed by atoms with van der Waals surface area (Å²) < 4.78 is 5.41. The van der Waals surface area contributed by atoms with Gasteiger partial charge in [-0.1, -0.05) is 17.7 Å². The first-order valence-electron chi connectivity index (χ1n) is 5.49. The van der Waals surface area contributed by atoms with Crippen LogP contribution in [0.2, 0.25) is 5.02 Å². The van der Waals surface area contributed by atoms with Gasteiger partial charge in [0.25, 0.3) is 0 Å². The number of primary amides is 1. The van der Waals surface area contributed by atoms with Crippen LogP contribution in [-0.2, 0) is 0 Å². The number of ether oxygens (including phenoxy) is 1. The van der Waals surface area contributed by atoms with E-state index in [1.165, 1.54) is 36.4 Å². The molecule has 0 unspecified atom stereocenters. The van der Waals surface area contributed by atoms with Crippen LogP contribution in [0.1, 0.15) is 10.4 Å². The smallest absolute Gasteiger partial charge is 0.329 e. The van der Waals surface area contributed by atoms with Crippen LogP contribution in [0.25, 0.3) is 0 Å². The summed E-state index contributed by atoms with van der Waals surface area (Å²) in [5.41, 5.74) is 5.12. The van der Waals surface area contributed by atoms with E-state index in [-0.39, 0.29) is 16.5 Å². The van der Waals surface area contributed by atoms with Gasteiger partial charge in [0, 0.05) is 5.56 Å². The predicted octanol–water partition coefficient (Wildman–Crippen LogP) is 3.14. The monoisotopic (exact) mass is 292 g/mol. The first-order chi connectivity index (χ1) is 9.49. The number of amides is 1. The number of nitro benzene ring substituents is 1. The van der Waals surface area contributed by atoms with Crippen LogP contribution < -0.4 is 10.5 Å². The first-order valence-corrected chi connectivity index (χ1v) is 5.87. The average molecular weight is 293 g/mol. The average Bonchev–Trinajstić information content (AvgIpc) is 2.39. The third-order valence-electron chi connectivity index (χ3n) is 2.50. The highest BCUT2D eigenvalue weighted by atomic mass is 35.5. The Hall–Kier alpha value is -2.60. The highest BCUT2D eigenvalue weighted by Gasteiger charge is 2.20. The molecule has 20 heavy (non-hydrogen) atoms. The van der Waals surface area contributed by atoms with Gasteiger partial charge in [0.05, 0.1) is 4.92 Å². The van der Waals surface area contributed by atoms with Crippen LogP contribution in [0.4, 0.5) is 5.69 Å². The van der Waals surface area contributed by atoms with Crippen molar-refractivity contribution in [1.82, 2.24) is 0 Å². The largest absolute Gasteiger partial charge is 0.450 e. The summed E-state index contributed by atoms with van der Waals surface area (Å²) in [5, 5.41) is 10.9. The highest BCUT2D eigenvalue weighted by Crippen LogP contribution is 2.36. The Labute approximate surface area is 118 Å². The number of nitrogens with zero attached hydrogens (tertiary/aromatic N) is 1. The molecule has 0 aromatic heterocycles. The number of halogens is 1. The van der Waals surface area contributed by atoms with Crippen molar-refractivity contribution in [3.8, 4) is 11.5 Å². The predicted molar refractivity (Wildman–Crippen MR) is 73.1 cm³/mol. The maximum absolute atomic E-state index is 11.0. The number of nitrogens with two attached hydrogens (primary N) is 1. The Bertz CT molecular complexity index is 671. The molecule has 0 bridgehead atoms. The molecule has 0 atom stereocenters. The van der Waals surface area contributed by atoms with Gasteiger partial charge in [-0.3, -0.25) is 14.9 Å². The minimum Gasteiger partial charge on any atom is -0.450 e. The van der Waals surface area contributed by atoms with Crippen molar-refractivity contribution in [3.05, 3.63) is 63.2 Å². The fraction of sp³-hybridized carbons (Fsp3) is 0. The van der Waals surface area contributed by atoms with Gasteiger partial charge in [-0.25, -0.2) is 0 Å². The molecule has 0 saturated carbocycles. The topological polar surface area (TPSA) is 95.5 Å². The van der Waals surface area contributed by atoms with Crippen LogP contribution in [0.3, 0.4) is 0 Å². The van der Waals surface area contributed by atoms with Gasteiger partial charge in [0.1, 0.15) is 10.8 Å². The van der Waals surface area contributed by atoms with Crippen LogP contribution in [0.5, 0.6) is 11.5 Å². The summed E-state index contributed by atoms with van der Waals surface area (Å²) in [6.07, 6.45) is 0. The van der Waals surface area contributed by atoms with Gasteiger partial charge in [0.2, 0.25) is 11.7 Å². The Morgan fingerprint density at radius 2 is 1.85 bits per heavy atom. The fourth-order valence-electron chi connectivity index (χ4n) is 1.57. The highest BCUT2D eigenvalue weighted by molar-refractivity contribution is 6.32. The lowest BCUT2D eigenvalue weighted by Crippen LogP contribution is -2.10. The molecule has 2 aromatic carbocycles. The Morgan fingerprint density at radius 3 is 2.40 bits per heavy atom. The molecule has 0 aliphatic heterocycles. The second-order valence-corrected chi connectivity index (χ2v) is 4.24. The quantitative estimate of drug-likeness (QED) is 0.691. The van der Waals surface area contributed by atoms with Crippen molar-refractivity contribution < 1.29 is 14.5 Å². The second kappa shape index (κ2) is 5.58. The molecule has 0 heterocycles. The maximum Gasteiger partial charge on any atom is 0.329 e. The lowest BCUT2D eigenvalue weighted by Gasteiger charge is -2.07. The molecule has 7 heteroatoms. The number of carbonyl (C=O) groups is 1. The third kappa shape index (κ3) is 2.86. The number of hydrogen-bond donors (Lipinski definition) is 1. The summed E-state index contributed by atoms with van der Waals surface area (Å²) in [6, 6.07) is 10.3. The molecule has 1 amide bonds. The first kappa shape index (κ1) is 13.8.